The summed E-state index contributed by atoms with van der Waals surface area (Å²) in [6.45, 7) is 0. The Morgan fingerprint density at radius 3 is 2.89 bits per heavy atom. The molecule has 2 aromatic rings. The number of nitrogens with one attached hydrogen (secondary N) is 2. The van der Waals surface area contributed by atoms with Crippen molar-refractivity contribution < 1.29 is 4.92 Å². The number of nitro groups is 1. The summed E-state index contributed by atoms with van der Waals surface area (Å²) in [5.74, 6) is 0.314. The average molecular weight is 287 g/mol. The number of H-pyrrole nitrogens is 2. The van der Waals surface area contributed by atoms with Crippen molar-refractivity contribution in [3.05, 3.63) is 49.4 Å². The van der Waals surface area contributed by atoms with E-state index in [0.717, 1.165) is 0 Å². The fourth-order valence-electron chi connectivity index (χ4n) is 1.30. The Morgan fingerprint density at radius 2 is 2.28 bits per heavy atom. The molecule has 18 heavy (non-hydrogen) atoms. The topological polar surface area (TPSA) is 105 Å². The third-order valence-corrected chi connectivity index (χ3v) is 3.25. The lowest BCUT2D eigenvalue weighted by atomic mass is 10.2. The summed E-state index contributed by atoms with van der Waals surface area (Å²) in [5, 5.41) is 17.4. The predicted molar refractivity (Wildman–Crippen MR) is 66.9 cm³/mol. The number of halogens is 1. The van der Waals surface area contributed by atoms with Crippen molar-refractivity contribution in [2.24, 2.45) is 0 Å². The van der Waals surface area contributed by atoms with Crippen molar-refractivity contribution in [3.63, 3.8) is 0 Å². The Hall–Kier alpha value is -1.80. The quantitative estimate of drug-likeness (QED) is 0.508. The van der Waals surface area contributed by atoms with Crippen LogP contribution in [0.2, 0.25) is 5.02 Å². The van der Waals surface area contributed by atoms with Gasteiger partial charge in [-0.2, -0.15) is 0 Å². The molecule has 1 aromatic heterocycles. The molecule has 2 N–H and O–H groups in total. The van der Waals surface area contributed by atoms with Crippen molar-refractivity contribution in [1.82, 2.24) is 15.2 Å². The van der Waals surface area contributed by atoms with E-state index in [-0.39, 0.29) is 5.69 Å². The van der Waals surface area contributed by atoms with E-state index in [9.17, 15) is 14.9 Å². The van der Waals surface area contributed by atoms with Gasteiger partial charge < -0.3 is 0 Å². The minimum atomic E-state index is -0.491. The molecule has 0 aliphatic carbocycles. The number of aromatic nitrogens is 3. The largest absolute Gasteiger partial charge is 0.341 e. The smallest absolute Gasteiger partial charge is 0.284 e. The number of hydrogen-bond acceptors (Lipinski definition) is 5. The lowest BCUT2D eigenvalue weighted by Gasteiger charge is -2.01. The summed E-state index contributed by atoms with van der Waals surface area (Å²) >= 11 is 6.89. The lowest BCUT2D eigenvalue weighted by Crippen LogP contribution is -2.00. The van der Waals surface area contributed by atoms with Gasteiger partial charge in [0, 0.05) is 22.4 Å². The van der Waals surface area contributed by atoms with Crippen LogP contribution >= 0.6 is 23.4 Å². The minimum Gasteiger partial charge on any atom is -0.284 e. The third kappa shape index (κ3) is 2.90. The molecule has 0 unspecified atom stereocenters. The standard InChI is InChI=1S/C9H7ClN4O3S/c10-6-2-1-5(7(3-6)14(16)17)4-18-9-11-8(15)12-13-9/h1-3H,4H2,(H2,11,12,13,15). The first-order valence-corrected chi connectivity index (χ1v) is 6.13. The van der Waals surface area contributed by atoms with E-state index >= 15 is 0 Å². The summed E-state index contributed by atoms with van der Waals surface area (Å²) in [7, 11) is 0. The van der Waals surface area contributed by atoms with Crippen molar-refractivity contribution in [1.29, 1.82) is 0 Å². The van der Waals surface area contributed by atoms with Gasteiger partial charge >= 0.3 is 5.69 Å². The summed E-state index contributed by atoms with van der Waals surface area (Å²) in [6, 6.07) is 4.46. The average Bonchev–Trinajstić information content (AvgIpc) is 2.73. The van der Waals surface area contributed by atoms with Crippen LogP contribution in [-0.2, 0) is 5.75 Å². The zero-order valence-corrected chi connectivity index (χ0v) is 10.4. The maximum atomic E-state index is 10.8. The normalized spacial score (nSPS) is 10.5. The van der Waals surface area contributed by atoms with Gasteiger partial charge in [-0.05, 0) is 12.1 Å². The van der Waals surface area contributed by atoms with Crippen LogP contribution in [0.3, 0.4) is 0 Å². The van der Waals surface area contributed by atoms with E-state index in [1.807, 2.05) is 0 Å². The van der Waals surface area contributed by atoms with Crippen LogP contribution in [-0.4, -0.2) is 20.1 Å². The third-order valence-electron chi connectivity index (χ3n) is 2.09. The molecule has 0 fully saturated rings. The van der Waals surface area contributed by atoms with Crippen LogP contribution < -0.4 is 5.69 Å². The lowest BCUT2D eigenvalue weighted by molar-refractivity contribution is -0.385. The van der Waals surface area contributed by atoms with Crippen LogP contribution in [0.4, 0.5) is 5.69 Å². The van der Waals surface area contributed by atoms with Crippen LogP contribution in [0, 0.1) is 10.1 Å². The molecule has 94 valence electrons. The van der Waals surface area contributed by atoms with Crippen molar-refractivity contribution in [2.45, 2.75) is 10.9 Å². The molecule has 7 nitrogen and oxygen atoms in total. The van der Waals surface area contributed by atoms with Gasteiger partial charge in [0.2, 0.25) is 0 Å². The van der Waals surface area contributed by atoms with E-state index in [4.69, 9.17) is 11.6 Å². The molecule has 1 heterocycles. The Morgan fingerprint density at radius 1 is 1.50 bits per heavy atom. The van der Waals surface area contributed by atoms with Gasteiger partial charge in [-0.3, -0.25) is 15.1 Å². The molecule has 0 saturated carbocycles. The minimum absolute atomic E-state index is 0.0483. The Balaban J connectivity index is 2.18. The van der Waals surface area contributed by atoms with Gasteiger partial charge in [0.25, 0.3) is 5.69 Å². The van der Waals surface area contributed by atoms with Crippen LogP contribution in [0.25, 0.3) is 0 Å². The molecule has 9 heteroatoms. The highest BCUT2D eigenvalue weighted by molar-refractivity contribution is 7.98. The summed E-state index contributed by atoms with van der Waals surface area (Å²) in [5.41, 5.74) is 0.0502. The molecule has 0 atom stereocenters. The number of nitrogens with zero attached hydrogens (tertiary/aromatic N) is 2. The maximum Gasteiger partial charge on any atom is 0.341 e. The molecule has 0 saturated heterocycles. The molecule has 0 aliphatic heterocycles. The van der Waals surface area contributed by atoms with E-state index in [2.05, 4.69) is 15.2 Å². The van der Waals surface area contributed by atoms with Crippen molar-refractivity contribution in [2.75, 3.05) is 0 Å². The zero-order chi connectivity index (χ0) is 13.1. The van der Waals surface area contributed by atoms with Gasteiger partial charge in [-0.25, -0.2) is 9.89 Å². The number of aromatic amines is 2. The van der Waals surface area contributed by atoms with E-state index in [1.165, 1.54) is 17.8 Å². The second-order valence-electron chi connectivity index (χ2n) is 3.30. The Labute approximate surface area is 110 Å². The Kier molecular flexibility index (Phi) is 3.68. The number of benzene rings is 1. The Bertz CT molecular complexity index is 639. The fraction of sp³-hybridized carbons (Fsp3) is 0.111. The predicted octanol–water partition coefficient (Wildman–Crippen LogP) is 1.95. The van der Waals surface area contributed by atoms with Crippen LogP contribution in [0.15, 0.2) is 28.2 Å². The van der Waals surface area contributed by atoms with E-state index in [0.29, 0.717) is 21.5 Å². The van der Waals surface area contributed by atoms with Gasteiger partial charge in [-0.15, -0.1) is 5.10 Å². The monoisotopic (exact) mass is 286 g/mol. The second-order valence-corrected chi connectivity index (χ2v) is 4.70. The summed E-state index contributed by atoms with van der Waals surface area (Å²) in [4.78, 5) is 23.6. The molecule has 2 rings (SSSR count). The van der Waals surface area contributed by atoms with Gasteiger partial charge in [0.05, 0.1) is 4.92 Å². The second kappa shape index (κ2) is 5.23. The first-order valence-electron chi connectivity index (χ1n) is 4.76. The van der Waals surface area contributed by atoms with Crippen molar-refractivity contribution >= 4 is 29.1 Å². The number of nitro benzene ring substituents is 1. The van der Waals surface area contributed by atoms with Crippen LogP contribution in [0.5, 0.6) is 0 Å². The van der Waals surface area contributed by atoms with Crippen LogP contribution in [0.1, 0.15) is 5.56 Å². The highest BCUT2D eigenvalue weighted by Crippen LogP contribution is 2.28. The van der Waals surface area contributed by atoms with Gasteiger partial charge in [0.15, 0.2) is 5.16 Å². The summed E-state index contributed by atoms with van der Waals surface area (Å²) < 4.78 is 0. The molecule has 0 aliphatic rings. The van der Waals surface area contributed by atoms with Gasteiger partial charge in [0.1, 0.15) is 0 Å². The highest BCUT2D eigenvalue weighted by Gasteiger charge is 2.14. The zero-order valence-electron chi connectivity index (χ0n) is 8.84. The van der Waals surface area contributed by atoms with Gasteiger partial charge in [-0.1, -0.05) is 23.4 Å². The molecular formula is C9H7ClN4O3S. The molecule has 0 amide bonds. The molecular weight excluding hydrogens is 280 g/mol. The molecule has 0 spiro atoms. The molecule has 0 radical (unpaired) electrons. The number of rotatable bonds is 4. The summed E-state index contributed by atoms with van der Waals surface area (Å²) in [6.07, 6.45) is 0. The SMILES string of the molecule is O=c1[nH]nc(SCc2ccc(Cl)cc2[N+](=O)[O-])[nH]1. The first kappa shape index (κ1) is 12.7. The van der Waals surface area contributed by atoms with E-state index in [1.54, 1.807) is 12.1 Å². The molecule has 0 bridgehead atoms. The molecule has 1 aromatic carbocycles. The fourth-order valence-corrected chi connectivity index (χ4v) is 2.28. The number of hydrogen-bond donors (Lipinski definition) is 2. The first-order chi connectivity index (χ1) is 8.56. The maximum absolute atomic E-state index is 10.8. The van der Waals surface area contributed by atoms with Crippen molar-refractivity contribution in [3.8, 4) is 0 Å². The highest BCUT2D eigenvalue weighted by atomic mass is 35.5. The number of thioether (sulfide) groups is 1. The van der Waals surface area contributed by atoms with E-state index < -0.39 is 10.6 Å².